The van der Waals surface area contributed by atoms with Gasteiger partial charge in [-0.25, -0.2) is 0 Å². The van der Waals surface area contributed by atoms with E-state index in [4.69, 9.17) is 16.0 Å². The molecule has 5 rings (SSSR count). The van der Waals surface area contributed by atoms with Crippen molar-refractivity contribution in [1.29, 1.82) is 0 Å². The first kappa shape index (κ1) is 32.3. The Morgan fingerprint density at radius 2 is 1.52 bits per heavy atom. The molecule has 1 atom stereocenters. The van der Waals surface area contributed by atoms with Crippen LogP contribution >= 0.6 is 23.4 Å². The van der Waals surface area contributed by atoms with Gasteiger partial charge in [-0.05, 0) is 87.0 Å². The van der Waals surface area contributed by atoms with E-state index in [9.17, 15) is 14.4 Å². The van der Waals surface area contributed by atoms with Crippen molar-refractivity contribution < 1.29 is 18.8 Å². The van der Waals surface area contributed by atoms with E-state index in [1.54, 1.807) is 54.6 Å². The molecule has 0 aliphatic rings. The molecule has 232 valence electrons. The van der Waals surface area contributed by atoms with Gasteiger partial charge >= 0.3 is 0 Å². The zero-order valence-corrected chi connectivity index (χ0v) is 27.0. The first-order chi connectivity index (χ1) is 22.2. The number of halogens is 1. The molecule has 0 fully saturated rings. The number of anilines is 2. The van der Waals surface area contributed by atoms with Crippen molar-refractivity contribution in [2.75, 3.05) is 10.6 Å². The summed E-state index contributed by atoms with van der Waals surface area (Å²) in [6.07, 6.45) is 1.50. The van der Waals surface area contributed by atoms with Crippen molar-refractivity contribution in [3.8, 4) is 11.3 Å². The summed E-state index contributed by atoms with van der Waals surface area (Å²) < 4.78 is 6.00. The number of amides is 3. The van der Waals surface area contributed by atoms with Crippen LogP contribution in [0.1, 0.15) is 34.2 Å². The minimum Gasteiger partial charge on any atom is -0.457 e. The highest BCUT2D eigenvalue weighted by molar-refractivity contribution is 8.00. The summed E-state index contributed by atoms with van der Waals surface area (Å²) in [6.45, 7) is 5.69. The molecule has 5 aromatic rings. The fourth-order valence-electron chi connectivity index (χ4n) is 4.44. The lowest BCUT2D eigenvalue weighted by Gasteiger charge is -2.15. The van der Waals surface area contributed by atoms with Crippen molar-refractivity contribution in [2.24, 2.45) is 0 Å². The van der Waals surface area contributed by atoms with Crippen LogP contribution in [0.4, 0.5) is 11.4 Å². The quantitative estimate of drug-likeness (QED) is 0.104. The van der Waals surface area contributed by atoms with Crippen molar-refractivity contribution in [3.05, 3.63) is 142 Å². The minimum atomic E-state index is -0.525. The fraction of sp³-hybridized carbons (Fsp3) is 0.108. The van der Waals surface area contributed by atoms with Crippen molar-refractivity contribution in [3.63, 3.8) is 0 Å². The smallest absolute Gasteiger partial charge is 0.272 e. The van der Waals surface area contributed by atoms with E-state index >= 15 is 0 Å². The van der Waals surface area contributed by atoms with Gasteiger partial charge in [0.15, 0.2) is 0 Å². The van der Waals surface area contributed by atoms with Gasteiger partial charge in [0.2, 0.25) is 5.91 Å². The van der Waals surface area contributed by atoms with Gasteiger partial charge in [-0.1, -0.05) is 65.7 Å². The monoisotopic (exact) mass is 649 g/mol. The Bertz CT molecular complexity index is 1880. The Morgan fingerprint density at radius 3 is 2.24 bits per heavy atom. The number of carbonyl (C=O) groups is 3. The third-order valence-electron chi connectivity index (χ3n) is 7.10. The van der Waals surface area contributed by atoms with E-state index in [0.717, 1.165) is 21.6 Å². The summed E-state index contributed by atoms with van der Waals surface area (Å²) in [6, 6.07) is 32.6. The summed E-state index contributed by atoms with van der Waals surface area (Å²) >= 11 is 7.57. The van der Waals surface area contributed by atoms with Crippen molar-refractivity contribution in [2.45, 2.75) is 30.9 Å². The molecule has 0 spiro atoms. The summed E-state index contributed by atoms with van der Waals surface area (Å²) in [4.78, 5) is 40.1. The predicted octanol–water partition coefficient (Wildman–Crippen LogP) is 8.75. The van der Waals surface area contributed by atoms with Gasteiger partial charge in [0, 0.05) is 38.5 Å². The van der Waals surface area contributed by atoms with Crippen LogP contribution in [0.5, 0.6) is 0 Å². The average molecular weight is 650 g/mol. The maximum absolute atomic E-state index is 13.5. The van der Waals surface area contributed by atoms with Gasteiger partial charge in [0.05, 0.1) is 5.25 Å². The van der Waals surface area contributed by atoms with Crippen LogP contribution < -0.4 is 16.0 Å². The van der Waals surface area contributed by atoms with Gasteiger partial charge in [-0.3, -0.25) is 14.4 Å². The Balaban J connectivity index is 1.28. The maximum atomic E-state index is 13.5. The molecule has 0 unspecified atom stereocenters. The van der Waals surface area contributed by atoms with E-state index in [-0.39, 0.29) is 16.9 Å². The standard InChI is InChI=1S/C37H32ClN3O4S/c1-23-12-14-26(15-13-23)34-21-18-29(45-34)22-33(41-36(43)27-8-5-4-6-9-27)37(44)39-28-16-19-30(20-17-28)46-25(3)35(42)40-32-11-7-10-31(38)24(32)2/h4-22,25H,1-3H3,(H,39,44)(H,40,42)(H,41,43)/b33-22-/t25-/m1/s1. The Labute approximate surface area is 277 Å². The summed E-state index contributed by atoms with van der Waals surface area (Å²) in [5.41, 5.74) is 4.45. The lowest BCUT2D eigenvalue weighted by molar-refractivity contribution is -0.115. The maximum Gasteiger partial charge on any atom is 0.272 e. The molecule has 7 nitrogen and oxygen atoms in total. The lowest BCUT2D eigenvalue weighted by Crippen LogP contribution is -2.30. The molecule has 0 bridgehead atoms. The molecule has 4 aromatic carbocycles. The Hall–Kier alpha value is -5.05. The highest BCUT2D eigenvalue weighted by Crippen LogP contribution is 2.28. The number of carbonyl (C=O) groups excluding carboxylic acids is 3. The molecule has 3 amide bonds. The van der Waals surface area contributed by atoms with Gasteiger partial charge in [0.1, 0.15) is 17.2 Å². The summed E-state index contributed by atoms with van der Waals surface area (Å²) in [5, 5.41) is 8.71. The molecule has 9 heteroatoms. The van der Waals surface area contributed by atoms with Crippen molar-refractivity contribution >= 4 is 58.5 Å². The van der Waals surface area contributed by atoms with E-state index in [1.165, 1.54) is 17.8 Å². The largest absolute Gasteiger partial charge is 0.457 e. The van der Waals surface area contributed by atoms with E-state index in [1.807, 2.05) is 75.4 Å². The number of rotatable bonds is 10. The molecule has 0 saturated heterocycles. The van der Waals surface area contributed by atoms with Gasteiger partial charge in [-0.2, -0.15) is 0 Å². The second-order valence-corrected chi connectivity index (χ2v) is 12.4. The summed E-state index contributed by atoms with van der Waals surface area (Å²) in [5.74, 6) is -0.0674. The molecule has 3 N–H and O–H groups in total. The minimum absolute atomic E-state index is 0.0127. The van der Waals surface area contributed by atoms with Crippen LogP contribution in [0.15, 0.2) is 124 Å². The molecule has 1 heterocycles. The van der Waals surface area contributed by atoms with Crippen LogP contribution in [0.3, 0.4) is 0 Å². The third-order valence-corrected chi connectivity index (χ3v) is 8.62. The number of hydrogen-bond donors (Lipinski definition) is 3. The Kier molecular flexibility index (Phi) is 10.4. The highest BCUT2D eigenvalue weighted by Gasteiger charge is 2.18. The van der Waals surface area contributed by atoms with Crippen LogP contribution in [0.25, 0.3) is 17.4 Å². The van der Waals surface area contributed by atoms with Crippen LogP contribution in [0.2, 0.25) is 5.02 Å². The zero-order valence-electron chi connectivity index (χ0n) is 25.5. The zero-order chi connectivity index (χ0) is 32.6. The van der Waals surface area contributed by atoms with E-state index in [0.29, 0.717) is 33.5 Å². The number of hydrogen-bond acceptors (Lipinski definition) is 5. The topological polar surface area (TPSA) is 100 Å². The van der Waals surface area contributed by atoms with Crippen LogP contribution in [-0.2, 0) is 9.59 Å². The molecule has 0 aliphatic carbocycles. The number of thioether (sulfide) groups is 1. The molecular weight excluding hydrogens is 618 g/mol. The number of nitrogens with one attached hydrogen (secondary N) is 3. The molecular formula is C37H32ClN3O4S. The molecule has 0 aliphatic heterocycles. The average Bonchev–Trinajstić information content (AvgIpc) is 3.53. The second-order valence-electron chi connectivity index (χ2n) is 10.6. The molecule has 0 saturated carbocycles. The fourth-order valence-corrected chi connectivity index (χ4v) is 5.48. The van der Waals surface area contributed by atoms with E-state index < -0.39 is 11.8 Å². The number of aryl methyl sites for hydroxylation is 1. The van der Waals surface area contributed by atoms with Gasteiger partial charge in [-0.15, -0.1) is 11.8 Å². The van der Waals surface area contributed by atoms with Crippen LogP contribution in [0, 0.1) is 13.8 Å². The van der Waals surface area contributed by atoms with Crippen LogP contribution in [-0.4, -0.2) is 23.0 Å². The molecule has 1 aromatic heterocycles. The van der Waals surface area contributed by atoms with E-state index in [2.05, 4.69) is 16.0 Å². The van der Waals surface area contributed by atoms with Crippen molar-refractivity contribution in [1.82, 2.24) is 5.32 Å². The molecule has 46 heavy (non-hydrogen) atoms. The third kappa shape index (κ3) is 8.35. The molecule has 0 radical (unpaired) electrons. The highest BCUT2D eigenvalue weighted by atomic mass is 35.5. The number of benzene rings is 4. The first-order valence-corrected chi connectivity index (χ1v) is 15.8. The number of furan rings is 1. The van der Waals surface area contributed by atoms with Gasteiger partial charge in [0.25, 0.3) is 11.8 Å². The SMILES string of the molecule is Cc1ccc(-c2ccc(/C=C(\NC(=O)c3ccccc3)C(=O)Nc3ccc(S[C@H](C)C(=O)Nc4cccc(Cl)c4C)cc3)o2)cc1. The second kappa shape index (κ2) is 14.8. The Morgan fingerprint density at radius 1 is 0.804 bits per heavy atom. The lowest BCUT2D eigenvalue weighted by atomic mass is 10.1. The summed E-state index contributed by atoms with van der Waals surface area (Å²) in [7, 11) is 0. The van der Waals surface area contributed by atoms with Gasteiger partial charge < -0.3 is 20.4 Å². The normalized spacial score (nSPS) is 11.9. The predicted molar refractivity (Wildman–Crippen MR) is 186 cm³/mol. The first-order valence-electron chi connectivity index (χ1n) is 14.6.